The molecule has 29 heavy (non-hydrogen) atoms. The highest BCUT2D eigenvalue weighted by molar-refractivity contribution is 7.92. The van der Waals surface area contributed by atoms with Crippen molar-refractivity contribution in [1.82, 2.24) is 10.1 Å². The SMILES string of the molecule is CC#CCOc1ccc(S(=O)(=O)N(C)c2c(C(=O)O)cnc3onc(C)c23)cc1. The first-order chi connectivity index (χ1) is 13.8. The van der Waals surface area contributed by atoms with Crippen molar-refractivity contribution in [3.63, 3.8) is 0 Å². The maximum absolute atomic E-state index is 13.2. The highest BCUT2D eigenvalue weighted by atomic mass is 32.2. The van der Waals surface area contributed by atoms with Gasteiger partial charge in [0.25, 0.3) is 15.7 Å². The van der Waals surface area contributed by atoms with Gasteiger partial charge in [0.1, 0.15) is 17.9 Å². The van der Waals surface area contributed by atoms with Crippen LogP contribution in [0.3, 0.4) is 0 Å². The minimum atomic E-state index is -4.09. The van der Waals surface area contributed by atoms with Crippen LogP contribution in [0.15, 0.2) is 39.9 Å². The van der Waals surface area contributed by atoms with Crippen molar-refractivity contribution in [2.24, 2.45) is 0 Å². The number of aromatic nitrogens is 2. The average molecular weight is 415 g/mol. The molecule has 0 saturated carbocycles. The fourth-order valence-electron chi connectivity index (χ4n) is 2.70. The van der Waals surface area contributed by atoms with Crippen LogP contribution in [0.4, 0.5) is 5.69 Å². The maximum Gasteiger partial charge on any atom is 0.339 e. The number of carbonyl (C=O) groups is 1. The number of carboxylic acids is 1. The molecule has 9 nitrogen and oxygen atoms in total. The number of hydrogen-bond acceptors (Lipinski definition) is 7. The normalized spacial score (nSPS) is 11.0. The first kappa shape index (κ1) is 20.2. The number of rotatable bonds is 6. The Morgan fingerprint density at radius 2 is 2.00 bits per heavy atom. The van der Waals surface area contributed by atoms with Gasteiger partial charge in [-0.1, -0.05) is 11.1 Å². The van der Waals surface area contributed by atoms with E-state index in [1.165, 1.54) is 31.3 Å². The van der Waals surface area contributed by atoms with E-state index in [0.717, 1.165) is 10.5 Å². The van der Waals surface area contributed by atoms with Gasteiger partial charge in [0, 0.05) is 13.2 Å². The van der Waals surface area contributed by atoms with Gasteiger partial charge in [-0.3, -0.25) is 4.31 Å². The zero-order valence-corrected chi connectivity index (χ0v) is 16.6. The third-order valence-corrected chi connectivity index (χ3v) is 5.93. The second-order valence-electron chi connectivity index (χ2n) is 5.93. The topological polar surface area (TPSA) is 123 Å². The molecule has 1 N–H and O–H groups in total. The molecule has 0 aliphatic carbocycles. The van der Waals surface area contributed by atoms with E-state index in [1.807, 2.05) is 0 Å². The van der Waals surface area contributed by atoms with Crippen LogP contribution < -0.4 is 9.04 Å². The lowest BCUT2D eigenvalue weighted by atomic mass is 10.1. The average Bonchev–Trinajstić information content (AvgIpc) is 3.08. The molecule has 0 aliphatic heterocycles. The summed E-state index contributed by atoms with van der Waals surface area (Å²) in [5, 5.41) is 13.5. The molecule has 1 aromatic carbocycles. The van der Waals surface area contributed by atoms with E-state index in [4.69, 9.17) is 9.26 Å². The Kier molecular flexibility index (Phi) is 5.43. The standard InChI is InChI=1S/C19H17N3O6S/c1-4-5-10-27-13-6-8-14(9-7-13)29(25,26)22(3)17-15(19(23)24)11-20-18-16(17)12(2)21-28-18/h6-9,11H,10H2,1-3H3,(H,23,24). The number of hydrogen-bond donors (Lipinski definition) is 1. The van der Waals surface area contributed by atoms with Gasteiger partial charge in [-0.25, -0.2) is 18.2 Å². The van der Waals surface area contributed by atoms with Gasteiger partial charge in [0.2, 0.25) is 0 Å². The summed E-state index contributed by atoms with van der Waals surface area (Å²) < 4.78 is 37.6. The molecule has 0 saturated heterocycles. The van der Waals surface area contributed by atoms with Gasteiger partial charge in [-0.15, -0.1) is 5.92 Å². The molecule has 3 aromatic rings. The molecule has 0 amide bonds. The quantitative estimate of drug-likeness (QED) is 0.609. The summed E-state index contributed by atoms with van der Waals surface area (Å²) in [6, 6.07) is 5.76. The number of aryl methyl sites for hydroxylation is 1. The predicted molar refractivity (Wildman–Crippen MR) is 104 cm³/mol. The Bertz CT molecular complexity index is 1240. The number of fused-ring (bicyclic) bond motifs is 1. The van der Waals surface area contributed by atoms with Crippen molar-refractivity contribution >= 4 is 32.8 Å². The number of pyridine rings is 1. The highest BCUT2D eigenvalue weighted by Gasteiger charge is 2.29. The van der Waals surface area contributed by atoms with E-state index in [-0.39, 0.29) is 33.9 Å². The molecular formula is C19H17N3O6S. The van der Waals surface area contributed by atoms with E-state index in [2.05, 4.69) is 22.0 Å². The van der Waals surface area contributed by atoms with Crippen molar-refractivity contribution in [2.75, 3.05) is 18.0 Å². The molecule has 10 heteroatoms. The van der Waals surface area contributed by atoms with Crippen molar-refractivity contribution in [3.05, 3.63) is 41.7 Å². The van der Waals surface area contributed by atoms with Crippen molar-refractivity contribution < 1.29 is 27.6 Å². The van der Waals surface area contributed by atoms with Gasteiger partial charge >= 0.3 is 5.97 Å². The first-order valence-electron chi connectivity index (χ1n) is 8.37. The molecule has 2 heterocycles. The lowest BCUT2D eigenvalue weighted by molar-refractivity contribution is 0.0697. The molecular weight excluding hydrogens is 398 g/mol. The molecule has 0 unspecified atom stereocenters. The third kappa shape index (κ3) is 3.72. The van der Waals surface area contributed by atoms with Crippen LogP contribution in [-0.2, 0) is 10.0 Å². The van der Waals surface area contributed by atoms with Crippen LogP contribution in [0.1, 0.15) is 23.0 Å². The molecule has 2 aromatic heterocycles. The summed E-state index contributed by atoms with van der Waals surface area (Å²) >= 11 is 0. The smallest absolute Gasteiger partial charge is 0.339 e. The first-order valence-corrected chi connectivity index (χ1v) is 9.81. The zero-order valence-electron chi connectivity index (χ0n) is 15.8. The Labute approximate surface area is 166 Å². The Balaban J connectivity index is 2.06. The monoisotopic (exact) mass is 415 g/mol. The summed E-state index contributed by atoms with van der Waals surface area (Å²) in [4.78, 5) is 15.6. The van der Waals surface area contributed by atoms with E-state index in [1.54, 1.807) is 13.8 Å². The van der Waals surface area contributed by atoms with E-state index in [0.29, 0.717) is 11.4 Å². The van der Waals surface area contributed by atoms with Gasteiger partial charge in [-0.2, -0.15) is 0 Å². The number of ether oxygens (including phenoxy) is 1. The molecule has 0 bridgehead atoms. The summed E-state index contributed by atoms with van der Waals surface area (Å²) in [5.41, 5.74) is 0.0199. The molecule has 150 valence electrons. The summed E-state index contributed by atoms with van der Waals surface area (Å²) in [6.45, 7) is 3.45. The third-order valence-electron chi connectivity index (χ3n) is 4.16. The van der Waals surface area contributed by atoms with Crippen LogP contribution >= 0.6 is 0 Å². The van der Waals surface area contributed by atoms with Gasteiger partial charge in [-0.05, 0) is 38.1 Å². The molecule has 0 atom stereocenters. The Hall–Kier alpha value is -3.58. The van der Waals surface area contributed by atoms with Gasteiger partial charge < -0.3 is 14.4 Å². The predicted octanol–water partition coefficient (Wildman–Crippen LogP) is 2.46. The summed E-state index contributed by atoms with van der Waals surface area (Å²) in [6.07, 6.45) is 1.04. The van der Waals surface area contributed by atoms with Gasteiger partial charge in [0.05, 0.1) is 21.7 Å². The second kappa shape index (κ2) is 7.81. The number of nitrogens with zero attached hydrogens (tertiary/aromatic N) is 3. The van der Waals surface area contributed by atoms with Crippen LogP contribution in [0.5, 0.6) is 5.75 Å². The van der Waals surface area contributed by atoms with E-state index in [9.17, 15) is 18.3 Å². The lowest BCUT2D eigenvalue weighted by Gasteiger charge is -2.22. The minimum absolute atomic E-state index is 0.0377. The van der Waals surface area contributed by atoms with Crippen molar-refractivity contribution in [2.45, 2.75) is 18.7 Å². The van der Waals surface area contributed by atoms with Crippen molar-refractivity contribution in [3.8, 4) is 17.6 Å². The number of carboxylic acid groups (broad SMARTS) is 1. The molecule has 3 rings (SSSR count). The minimum Gasteiger partial charge on any atom is -0.481 e. The number of benzene rings is 1. The Morgan fingerprint density at radius 3 is 2.62 bits per heavy atom. The number of anilines is 1. The fraction of sp³-hybridized carbons (Fsp3) is 0.211. The summed E-state index contributed by atoms with van der Waals surface area (Å²) in [7, 11) is -2.82. The van der Waals surface area contributed by atoms with Crippen molar-refractivity contribution in [1.29, 1.82) is 0 Å². The molecule has 0 spiro atoms. The van der Waals surface area contributed by atoms with Crippen LogP contribution in [0.2, 0.25) is 0 Å². The number of sulfonamides is 1. The number of aromatic carboxylic acids is 1. The largest absolute Gasteiger partial charge is 0.481 e. The maximum atomic E-state index is 13.2. The second-order valence-corrected chi connectivity index (χ2v) is 7.90. The highest BCUT2D eigenvalue weighted by Crippen LogP contribution is 2.34. The van der Waals surface area contributed by atoms with E-state index >= 15 is 0 Å². The lowest BCUT2D eigenvalue weighted by Crippen LogP contribution is -2.28. The van der Waals surface area contributed by atoms with Crippen LogP contribution in [-0.4, -0.2) is 43.3 Å². The zero-order chi connectivity index (χ0) is 21.2. The summed E-state index contributed by atoms with van der Waals surface area (Å²) in [5.74, 6) is 4.58. The fourth-order valence-corrected chi connectivity index (χ4v) is 3.93. The van der Waals surface area contributed by atoms with Crippen LogP contribution in [0.25, 0.3) is 11.1 Å². The Morgan fingerprint density at radius 1 is 1.31 bits per heavy atom. The molecule has 0 aliphatic rings. The molecule has 0 radical (unpaired) electrons. The van der Waals surface area contributed by atoms with E-state index < -0.39 is 16.0 Å². The van der Waals surface area contributed by atoms with Crippen LogP contribution in [0, 0.1) is 18.8 Å². The molecule has 0 fully saturated rings. The van der Waals surface area contributed by atoms with Gasteiger partial charge in [0.15, 0.2) is 0 Å².